The van der Waals surface area contributed by atoms with Gasteiger partial charge in [0, 0.05) is 12.8 Å². The van der Waals surface area contributed by atoms with Gasteiger partial charge in [0.15, 0.2) is 5.69 Å². The van der Waals surface area contributed by atoms with Crippen molar-refractivity contribution >= 4 is 0 Å². The van der Waals surface area contributed by atoms with Gasteiger partial charge < -0.3 is 14.4 Å². The van der Waals surface area contributed by atoms with Crippen molar-refractivity contribution in [1.29, 1.82) is 0 Å². The third-order valence-corrected chi connectivity index (χ3v) is 3.03. The monoisotopic (exact) mass is 263 g/mol. The summed E-state index contributed by atoms with van der Waals surface area (Å²) in [5.41, 5.74) is -0.322. The Morgan fingerprint density at radius 1 is 1.42 bits per heavy atom. The normalized spacial score (nSPS) is 14.3. The molecule has 2 rings (SSSR count). The van der Waals surface area contributed by atoms with Gasteiger partial charge >= 0.3 is 0 Å². The van der Waals surface area contributed by atoms with Gasteiger partial charge in [-0.1, -0.05) is 12.1 Å². The molecule has 0 aliphatic rings. The fourth-order valence-electron chi connectivity index (χ4n) is 1.74. The van der Waals surface area contributed by atoms with E-state index in [1.807, 2.05) is 20.8 Å². The van der Waals surface area contributed by atoms with Gasteiger partial charge in [-0.05, 0) is 32.4 Å². The van der Waals surface area contributed by atoms with Crippen LogP contribution in [0.25, 0.3) is 11.6 Å². The van der Waals surface area contributed by atoms with Crippen molar-refractivity contribution in [3.8, 4) is 17.3 Å². The number of hydrogen-bond acceptors (Lipinski definition) is 6. The van der Waals surface area contributed by atoms with E-state index >= 15 is 0 Å². The van der Waals surface area contributed by atoms with Crippen LogP contribution in [0.2, 0.25) is 0 Å². The molecule has 0 bridgehead atoms. The third-order valence-electron chi connectivity index (χ3n) is 3.03. The van der Waals surface area contributed by atoms with Gasteiger partial charge in [0.25, 0.3) is 5.89 Å². The zero-order valence-electron chi connectivity index (χ0n) is 11.3. The highest BCUT2D eigenvalue weighted by Crippen LogP contribution is 2.30. The van der Waals surface area contributed by atoms with Crippen LogP contribution >= 0.6 is 0 Å². The van der Waals surface area contributed by atoms with E-state index in [0.29, 0.717) is 18.9 Å². The molecule has 1 N–H and O–H groups in total. The molecule has 1 atom stereocenters. The first-order valence-electron chi connectivity index (χ1n) is 6.23. The van der Waals surface area contributed by atoms with Crippen LogP contribution in [-0.4, -0.2) is 26.8 Å². The van der Waals surface area contributed by atoms with Crippen molar-refractivity contribution in [3.05, 3.63) is 24.2 Å². The summed E-state index contributed by atoms with van der Waals surface area (Å²) in [5.74, 6) is 0.650. The van der Waals surface area contributed by atoms with Crippen LogP contribution in [0, 0.1) is 0 Å². The van der Waals surface area contributed by atoms with Gasteiger partial charge in [-0.3, -0.25) is 0 Å². The largest absolute Gasteiger partial charge is 0.505 e. The molecule has 0 radical (unpaired) electrons. The Bertz CT molecular complexity index is 556. The van der Waals surface area contributed by atoms with Crippen molar-refractivity contribution < 1.29 is 14.4 Å². The van der Waals surface area contributed by atoms with Crippen molar-refractivity contribution in [2.75, 3.05) is 6.61 Å². The SMILES string of the molecule is CCOC(C)(CC)c1noc(-c2ncccc2O)n1. The summed E-state index contributed by atoms with van der Waals surface area (Å²) in [6, 6.07) is 3.15. The van der Waals surface area contributed by atoms with E-state index in [1.165, 1.54) is 6.07 Å². The molecule has 6 nitrogen and oxygen atoms in total. The van der Waals surface area contributed by atoms with Gasteiger partial charge in [-0.2, -0.15) is 4.98 Å². The molecule has 19 heavy (non-hydrogen) atoms. The Labute approximate surface area is 111 Å². The maximum atomic E-state index is 9.72. The summed E-state index contributed by atoms with van der Waals surface area (Å²) in [4.78, 5) is 8.31. The third kappa shape index (κ3) is 2.58. The fraction of sp³-hybridized carbons (Fsp3) is 0.462. The molecule has 2 aromatic heterocycles. The van der Waals surface area contributed by atoms with Gasteiger partial charge in [0.1, 0.15) is 11.4 Å². The molecule has 0 fully saturated rings. The van der Waals surface area contributed by atoms with Crippen molar-refractivity contribution in [3.63, 3.8) is 0 Å². The molecule has 0 spiro atoms. The van der Waals surface area contributed by atoms with Gasteiger partial charge in [-0.15, -0.1) is 0 Å². The fourth-order valence-corrected chi connectivity index (χ4v) is 1.74. The maximum absolute atomic E-state index is 9.72. The smallest absolute Gasteiger partial charge is 0.280 e. The first-order valence-corrected chi connectivity index (χ1v) is 6.23. The number of rotatable bonds is 5. The molecule has 0 saturated carbocycles. The molecular formula is C13H17N3O3. The average molecular weight is 263 g/mol. The number of pyridine rings is 1. The summed E-state index contributed by atoms with van der Waals surface area (Å²) >= 11 is 0. The average Bonchev–Trinajstić information content (AvgIpc) is 2.89. The Morgan fingerprint density at radius 2 is 2.21 bits per heavy atom. The molecule has 2 aromatic rings. The van der Waals surface area contributed by atoms with E-state index in [1.54, 1.807) is 12.3 Å². The predicted octanol–water partition coefficient (Wildman–Crippen LogP) is 2.50. The summed E-state index contributed by atoms with van der Waals surface area (Å²) in [6.07, 6.45) is 2.27. The number of nitrogens with zero attached hydrogens (tertiary/aromatic N) is 3. The number of aromatic nitrogens is 3. The van der Waals surface area contributed by atoms with Crippen LogP contribution in [-0.2, 0) is 10.3 Å². The maximum Gasteiger partial charge on any atom is 0.280 e. The lowest BCUT2D eigenvalue weighted by Crippen LogP contribution is -2.26. The van der Waals surface area contributed by atoms with Crippen LogP contribution in [0.3, 0.4) is 0 Å². The van der Waals surface area contributed by atoms with E-state index in [9.17, 15) is 5.11 Å². The molecule has 1 unspecified atom stereocenters. The van der Waals surface area contributed by atoms with Crippen LogP contribution < -0.4 is 0 Å². The number of aromatic hydroxyl groups is 1. The van der Waals surface area contributed by atoms with Crippen LogP contribution in [0.5, 0.6) is 5.75 Å². The Balaban J connectivity index is 2.36. The molecule has 102 valence electrons. The minimum absolute atomic E-state index is 0.00677. The highest BCUT2D eigenvalue weighted by atomic mass is 16.5. The molecule has 0 aliphatic heterocycles. The predicted molar refractivity (Wildman–Crippen MR) is 68.5 cm³/mol. The van der Waals surface area contributed by atoms with Gasteiger partial charge in [-0.25, -0.2) is 4.98 Å². The lowest BCUT2D eigenvalue weighted by atomic mass is 10.0. The zero-order chi connectivity index (χ0) is 13.9. The summed E-state index contributed by atoms with van der Waals surface area (Å²) in [6.45, 7) is 6.37. The lowest BCUT2D eigenvalue weighted by Gasteiger charge is -2.23. The topological polar surface area (TPSA) is 81.3 Å². The Hall–Kier alpha value is -1.95. The van der Waals surface area contributed by atoms with E-state index in [2.05, 4.69) is 15.1 Å². The molecular weight excluding hydrogens is 246 g/mol. The zero-order valence-corrected chi connectivity index (χ0v) is 11.3. The molecule has 0 aromatic carbocycles. The Morgan fingerprint density at radius 3 is 2.84 bits per heavy atom. The second-order valence-corrected chi connectivity index (χ2v) is 4.31. The summed E-state index contributed by atoms with van der Waals surface area (Å²) in [5, 5.41) is 13.6. The summed E-state index contributed by atoms with van der Waals surface area (Å²) < 4.78 is 10.8. The second kappa shape index (κ2) is 5.36. The first kappa shape index (κ1) is 13.5. The Kier molecular flexibility index (Phi) is 3.80. The lowest BCUT2D eigenvalue weighted by molar-refractivity contribution is -0.0403. The van der Waals surface area contributed by atoms with Crippen molar-refractivity contribution in [2.45, 2.75) is 32.8 Å². The number of hydrogen-bond donors (Lipinski definition) is 1. The molecule has 6 heteroatoms. The van der Waals surface area contributed by atoms with Gasteiger partial charge in [0.2, 0.25) is 5.82 Å². The minimum Gasteiger partial charge on any atom is -0.505 e. The molecule has 0 aliphatic carbocycles. The highest BCUT2D eigenvalue weighted by Gasteiger charge is 2.31. The van der Waals surface area contributed by atoms with Gasteiger partial charge in [0.05, 0.1) is 0 Å². The second-order valence-electron chi connectivity index (χ2n) is 4.31. The molecule has 2 heterocycles. The van der Waals surface area contributed by atoms with Crippen LogP contribution in [0.1, 0.15) is 33.0 Å². The van der Waals surface area contributed by atoms with Crippen LogP contribution in [0.4, 0.5) is 0 Å². The molecule has 0 saturated heterocycles. The quantitative estimate of drug-likeness (QED) is 0.892. The van der Waals surface area contributed by atoms with Crippen molar-refractivity contribution in [2.24, 2.45) is 0 Å². The summed E-state index contributed by atoms with van der Waals surface area (Å²) in [7, 11) is 0. The van der Waals surface area contributed by atoms with E-state index < -0.39 is 5.60 Å². The van der Waals surface area contributed by atoms with E-state index in [0.717, 1.165) is 0 Å². The van der Waals surface area contributed by atoms with Crippen LogP contribution in [0.15, 0.2) is 22.9 Å². The standard InChI is InChI=1S/C13H17N3O3/c1-4-13(3,18-5-2)12-15-11(19-16-12)10-9(17)7-6-8-14-10/h6-8,17H,4-5H2,1-3H3. The van der Waals surface area contributed by atoms with E-state index in [-0.39, 0.29) is 17.3 Å². The van der Waals surface area contributed by atoms with E-state index in [4.69, 9.17) is 9.26 Å². The number of ether oxygens (including phenoxy) is 1. The first-order chi connectivity index (χ1) is 9.10. The molecule has 0 amide bonds. The van der Waals surface area contributed by atoms with Crippen molar-refractivity contribution in [1.82, 2.24) is 15.1 Å². The highest BCUT2D eigenvalue weighted by molar-refractivity contribution is 5.55. The minimum atomic E-state index is -0.596.